The van der Waals surface area contributed by atoms with Gasteiger partial charge in [0.05, 0.1) is 12.1 Å². The number of carbonyl (C=O) groups excluding carboxylic acids is 1. The van der Waals surface area contributed by atoms with E-state index in [2.05, 4.69) is 5.32 Å². The van der Waals surface area contributed by atoms with Crippen molar-refractivity contribution in [3.05, 3.63) is 30.3 Å². The van der Waals surface area contributed by atoms with Crippen molar-refractivity contribution < 1.29 is 9.53 Å². The van der Waals surface area contributed by atoms with Gasteiger partial charge in [0, 0.05) is 0 Å². The highest BCUT2D eigenvalue weighted by Crippen LogP contribution is 2.07. The number of benzene rings is 1. The number of nitrogens with two attached hydrogens (primary N) is 1. The molecule has 0 radical (unpaired) electrons. The molecule has 1 amide bonds. The van der Waals surface area contributed by atoms with Crippen LogP contribution in [0.3, 0.4) is 0 Å². The monoisotopic (exact) mass is 236 g/mol. The molecule has 1 atom stereocenters. The van der Waals surface area contributed by atoms with E-state index in [1.165, 1.54) is 0 Å². The lowest BCUT2D eigenvalue weighted by Gasteiger charge is -2.21. The summed E-state index contributed by atoms with van der Waals surface area (Å²) in [6.45, 7) is 4.51. The molecule has 94 valence electrons. The van der Waals surface area contributed by atoms with Gasteiger partial charge < -0.3 is 15.8 Å². The van der Waals surface area contributed by atoms with Crippen LogP contribution in [0.2, 0.25) is 0 Å². The lowest BCUT2D eigenvalue weighted by Crippen LogP contribution is -2.51. The average molecular weight is 236 g/mol. The molecule has 4 nitrogen and oxygen atoms in total. The predicted molar refractivity (Wildman–Crippen MR) is 67.8 cm³/mol. The topological polar surface area (TPSA) is 64.4 Å². The molecule has 0 saturated heterocycles. The molecule has 1 rings (SSSR count). The summed E-state index contributed by atoms with van der Waals surface area (Å²) in [4.78, 5) is 11.6. The van der Waals surface area contributed by atoms with E-state index >= 15 is 0 Å². The molecule has 1 aromatic rings. The van der Waals surface area contributed by atoms with Crippen LogP contribution in [-0.4, -0.2) is 24.6 Å². The molecular formula is C13H20N2O2. The van der Waals surface area contributed by atoms with E-state index in [4.69, 9.17) is 10.5 Å². The number of para-hydroxylation sites is 1. The Morgan fingerprint density at radius 1 is 1.41 bits per heavy atom. The summed E-state index contributed by atoms with van der Waals surface area (Å²) in [5.41, 5.74) is 5.00. The van der Waals surface area contributed by atoms with Crippen molar-refractivity contribution in [2.45, 2.75) is 25.8 Å². The Kier molecular flexibility index (Phi) is 4.97. The quantitative estimate of drug-likeness (QED) is 0.732. The second kappa shape index (κ2) is 6.25. The van der Waals surface area contributed by atoms with Crippen LogP contribution in [0, 0.1) is 0 Å². The normalized spacial score (nSPS) is 13.8. The van der Waals surface area contributed by atoms with Gasteiger partial charge in [0.15, 0.2) is 0 Å². The van der Waals surface area contributed by atoms with Crippen LogP contribution in [0.4, 0.5) is 0 Å². The molecule has 1 aromatic carbocycles. The lowest BCUT2D eigenvalue weighted by atomic mass is 10.00. The van der Waals surface area contributed by atoms with Gasteiger partial charge in [-0.1, -0.05) is 25.1 Å². The summed E-state index contributed by atoms with van der Waals surface area (Å²) in [5.74, 6) is 0.657. The number of ether oxygens (including phenoxy) is 1. The Hall–Kier alpha value is -1.55. The summed E-state index contributed by atoms with van der Waals surface area (Å²) in [5, 5.41) is 2.76. The number of hydrogen-bond acceptors (Lipinski definition) is 3. The van der Waals surface area contributed by atoms with E-state index in [9.17, 15) is 4.79 Å². The maximum Gasteiger partial charge on any atom is 0.239 e. The molecule has 0 aliphatic carbocycles. The number of amides is 1. The third-order valence-corrected chi connectivity index (χ3v) is 2.65. The van der Waals surface area contributed by atoms with Gasteiger partial charge in [-0.15, -0.1) is 0 Å². The van der Waals surface area contributed by atoms with Gasteiger partial charge in [-0.3, -0.25) is 4.79 Å². The molecule has 0 aliphatic rings. The van der Waals surface area contributed by atoms with Gasteiger partial charge >= 0.3 is 0 Å². The van der Waals surface area contributed by atoms with Crippen molar-refractivity contribution in [3.63, 3.8) is 0 Å². The summed E-state index contributed by atoms with van der Waals surface area (Å²) in [6.07, 6.45) is 0.609. The zero-order valence-corrected chi connectivity index (χ0v) is 10.4. The Balaban J connectivity index is 2.23. The van der Waals surface area contributed by atoms with Crippen LogP contribution >= 0.6 is 0 Å². The first-order chi connectivity index (χ1) is 8.06. The molecule has 0 heterocycles. The maximum atomic E-state index is 11.6. The van der Waals surface area contributed by atoms with Crippen LogP contribution in [0.1, 0.15) is 20.3 Å². The van der Waals surface area contributed by atoms with Gasteiger partial charge in [-0.05, 0) is 25.5 Å². The molecule has 0 spiro atoms. The van der Waals surface area contributed by atoms with Gasteiger partial charge in [-0.2, -0.15) is 0 Å². The third kappa shape index (κ3) is 4.44. The van der Waals surface area contributed by atoms with E-state index in [0.717, 1.165) is 5.75 Å². The summed E-state index contributed by atoms with van der Waals surface area (Å²) in [6, 6.07) is 9.49. The van der Waals surface area contributed by atoms with Gasteiger partial charge in [0.1, 0.15) is 12.4 Å². The SMILES string of the molecule is CCC(C)(N)C(=O)NCCOc1ccccc1. The largest absolute Gasteiger partial charge is 0.492 e. The highest BCUT2D eigenvalue weighted by Gasteiger charge is 2.25. The fourth-order valence-corrected chi connectivity index (χ4v) is 1.21. The van der Waals surface area contributed by atoms with Crippen LogP contribution in [0.15, 0.2) is 30.3 Å². The van der Waals surface area contributed by atoms with Crippen molar-refractivity contribution in [1.82, 2.24) is 5.32 Å². The van der Waals surface area contributed by atoms with Gasteiger partial charge in [-0.25, -0.2) is 0 Å². The van der Waals surface area contributed by atoms with Crippen molar-refractivity contribution in [3.8, 4) is 5.75 Å². The Labute approximate surface area is 102 Å². The summed E-state index contributed by atoms with van der Waals surface area (Å²) < 4.78 is 5.45. The van der Waals surface area contributed by atoms with Crippen molar-refractivity contribution in [2.24, 2.45) is 5.73 Å². The molecule has 0 aromatic heterocycles. The van der Waals surface area contributed by atoms with Crippen LogP contribution in [0.5, 0.6) is 5.75 Å². The van der Waals surface area contributed by atoms with Crippen LogP contribution < -0.4 is 15.8 Å². The Morgan fingerprint density at radius 3 is 2.65 bits per heavy atom. The Morgan fingerprint density at radius 2 is 2.06 bits per heavy atom. The molecule has 0 fully saturated rings. The first-order valence-corrected chi connectivity index (χ1v) is 5.81. The van der Waals surface area contributed by atoms with Gasteiger partial charge in [0.25, 0.3) is 0 Å². The minimum absolute atomic E-state index is 0.142. The van der Waals surface area contributed by atoms with E-state index in [1.807, 2.05) is 37.3 Å². The second-order valence-electron chi connectivity index (χ2n) is 4.19. The van der Waals surface area contributed by atoms with E-state index in [-0.39, 0.29) is 5.91 Å². The van der Waals surface area contributed by atoms with E-state index in [1.54, 1.807) is 6.92 Å². The molecule has 0 saturated carbocycles. The van der Waals surface area contributed by atoms with Crippen molar-refractivity contribution >= 4 is 5.91 Å². The highest BCUT2D eigenvalue weighted by atomic mass is 16.5. The molecule has 0 aliphatic heterocycles. The summed E-state index contributed by atoms with van der Waals surface area (Å²) in [7, 11) is 0. The van der Waals surface area contributed by atoms with Crippen LogP contribution in [0.25, 0.3) is 0 Å². The predicted octanol–water partition coefficient (Wildman–Crippen LogP) is 1.31. The zero-order chi connectivity index (χ0) is 12.7. The first-order valence-electron chi connectivity index (χ1n) is 5.81. The average Bonchev–Trinajstić information content (AvgIpc) is 2.35. The maximum absolute atomic E-state index is 11.6. The zero-order valence-electron chi connectivity index (χ0n) is 10.4. The number of hydrogen-bond donors (Lipinski definition) is 2. The van der Waals surface area contributed by atoms with Gasteiger partial charge in [0.2, 0.25) is 5.91 Å². The fraction of sp³-hybridized carbons (Fsp3) is 0.462. The Bertz CT molecular complexity index is 350. The fourth-order valence-electron chi connectivity index (χ4n) is 1.21. The minimum Gasteiger partial charge on any atom is -0.492 e. The number of rotatable bonds is 6. The number of nitrogens with one attached hydrogen (secondary N) is 1. The highest BCUT2D eigenvalue weighted by molar-refractivity contribution is 5.85. The van der Waals surface area contributed by atoms with E-state index in [0.29, 0.717) is 19.6 Å². The lowest BCUT2D eigenvalue weighted by molar-refractivity contribution is -0.126. The first kappa shape index (κ1) is 13.5. The van der Waals surface area contributed by atoms with Crippen molar-refractivity contribution in [1.29, 1.82) is 0 Å². The number of carbonyl (C=O) groups is 1. The molecule has 3 N–H and O–H groups in total. The van der Waals surface area contributed by atoms with Crippen LogP contribution in [-0.2, 0) is 4.79 Å². The molecule has 17 heavy (non-hydrogen) atoms. The third-order valence-electron chi connectivity index (χ3n) is 2.65. The minimum atomic E-state index is -0.799. The smallest absolute Gasteiger partial charge is 0.239 e. The van der Waals surface area contributed by atoms with Crippen molar-refractivity contribution in [2.75, 3.05) is 13.2 Å². The standard InChI is InChI=1S/C13H20N2O2/c1-3-13(2,14)12(16)15-9-10-17-11-7-5-4-6-8-11/h4-8H,3,9-10,14H2,1-2H3,(H,15,16). The second-order valence-corrected chi connectivity index (χ2v) is 4.19. The molecular weight excluding hydrogens is 216 g/mol. The van der Waals surface area contributed by atoms with E-state index < -0.39 is 5.54 Å². The molecule has 1 unspecified atom stereocenters. The molecule has 4 heteroatoms. The molecule has 0 bridgehead atoms. The summed E-state index contributed by atoms with van der Waals surface area (Å²) >= 11 is 0.